The third-order valence-electron chi connectivity index (χ3n) is 4.90. The highest BCUT2D eigenvalue weighted by molar-refractivity contribution is 7.90. The topological polar surface area (TPSA) is 89.3 Å². The smallest absolute Gasteiger partial charge is 0.328 e. The summed E-state index contributed by atoms with van der Waals surface area (Å²) in [6.07, 6.45) is 2.88. The number of hydrogen-bond donors (Lipinski definition) is 1. The Hall–Kier alpha value is -3.71. The van der Waals surface area contributed by atoms with Crippen LogP contribution in [0.25, 0.3) is 17.1 Å². The Balaban J connectivity index is 1.77. The number of aliphatic carboxylic acids is 1. The molecule has 4 rings (SSSR count). The van der Waals surface area contributed by atoms with Gasteiger partial charge in [0.1, 0.15) is 5.82 Å². The van der Waals surface area contributed by atoms with Crippen LogP contribution in [0, 0.1) is 6.92 Å². The second-order valence-electron chi connectivity index (χ2n) is 7.19. The van der Waals surface area contributed by atoms with Crippen LogP contribution in [0.4, 0.5) is 0 Å². The Morgan fingerprint density at radius 1 is 1.00 bits per heavy atom. The molecule has 4 aromatic rings. The molecule has 156 valence electrons. The molecule has 0 fully saturated rings. The molecule has 0 atom stereocenters. The van der Waals surface area contributed by atoms with Crippen LogP contribution in [-0.2, 0) is 21.2 Å². The van der Waals surface area contributed by atoms with Gasteiger partial charge < -0.3 is 5.11 Å². The van der Waals surface area contributed by atoms with Gasteiger partial charge in [-0.3, -0.25) is 0 Å². The average Bonchev–Trinajstić information content (AvgIpc) is 3.12. The lowest BCUT2D eigenvalue weighted by molar-refractivity contribution is -0.131. The number of rotatable bonds is 6. The minimum Gasteiger partial charge on any atom is -0.478 e. The van der Waals surface area contributed by atoms with E-state index in [0.29, 0.717) is 23.3 Å². The Bertz CT molecular complexity index is 1380. The van der Waals surface area contributed by atoms with Crippen LogP contribution in [-0.4, -0.2) is 28.5 Å². The Morgan fingerprint density at radius 3 is 2.35 bits per heavy atom. The average molecular weight is 433 g/mol. The molecule has 0 unspecified atom stereocenters. The summed E-state index contributed by atoms with van der Waals surface area (Å²) in [4.78, 5) is 15.5. The van der Waals surface area contributed by atoms with Crippen LogP contribution in [0.3, 0.4) is 0 Å². The standard InChI is InChI=1S/C24H20N2O4S/c1-17-6-13-20(14-7-17)31(29,30)26-22-5-3-2-4-21(22)25-23(26)16-19-10-8-18(9-11-19)12-15-24(27)28/h2-15H,16H2,1H3,(H,27,28). The third-order valence-corrected chi connectivity index (χ3v) is 6.66. The largest absolute Gasteiger partial charge is 0.478 e. The Morgan fingerprint density at radius 2 is 1.68 bits per heavy atom. The van der Waals surface area contributed by atoms with Crippen LogP contribution < -0.4 is 0 Å². The summed E-state index contributed by atoms with van der Waals surface area (Å²) in [6, 6.07) is 21.2. The fraction of sp³-hybridized carbons (Fsp3) is 0.0833. The molecular formula is C24H20N2O4S. The van der Waals surface area contributed by atoms with E-state index in [0.717, 1.165) is 22.8 Å². The molecule has 0 aliphatic rings. The number of para-hydroxylation sites is 2. The number of carbonyl (C=O) groups is 1. The molecule has 7 heteroatoms. The molecule has 0 aliphatic heterocycles. The molecule has 0 bridgehead atoms. The van der Waals surface area contributed by atoms with Gasteiger partial charge >= 0.3 is 5.97 Å². The van der Waals surface area contributed by atoms with Crippen molar-refractivity contribution in [3.63, 3.8) is 0 Å². The van der Waals surface area contributed by atoms with E-state index in [-0.39, 0.29) is 4.90 Å². The van der Waals surface area contributed by atoms with Gasteiger partial charge in [-0.05, 0) is 48.4 Å². The molecule has 0 saturated carbocycles. The summed E-state index contributed by atoms with van der Waals surface area (Å²) in [5.41, 5.74) is 3.72. The molecule has 0 amide bonds. The number of aromatic nitrogens is 2. The zero-order valence-corrected chi connectivity index (χ0v) is 17.6. The number of carboxylic acid groups (broad SMARTS) is 1. The molecular weight excluding hydrogens is 412 g/mol. The lowest BCUT2D eigenvalue weighted by Gasteiger charge is -2.11. The summed E-state index contributed by atoms with van der Waals surface area (Å²) in [6.45, 7) is 1.91. The quantitative estimate of drug-likeness (QED) is 0.460. The van der Waals surface area contributed by atoms with E-state index in [1.807, 2.05) is 25.1 Å². The minimum atomic E-state index is -3.84. The van der Waals surface area contributed by atoms with Crippen LogP contribution in [0.2, 0.25) is 0 Å². The Kier molecular flexibility index (Phi) is 5.44. The van der Waals surface area contributed by atoms with E-state index in [1.54, 1.807) is 54.6 Å². The van der Waals surface area contributed by atoms with Gasteiger partial charge in [0.2, 0.25) is 0 Å². The highest BCUT2D eigenvalue weighted by Crippen LogP contribution is 2.25. The number of carboxylic acids is 1. The molecule has 0 spiro atoms. The van der Waals surface area contributed by atoms with E-state index < -0.39 is 16.0 Å². The van der Waals surface area contributed by atoms with Crippen molar-refractivity contribution in [3.05, 3.63) is 101 Å². The van der Waals surface area contributed by atoms with Crippen molar-refractivity contribution in [2.75, 3.05) is 0 Å². The van der Waals surface area contributed by atoms with Gasteiger partial charge in [-0.15, -0.1) is 0 Å². The molecule has 1 N–H and O–H groups in total. The second kappa shape index (κ2) is 8.20. The van der Waals surface area contributed by atoms with Crippen LogP contribution >= 0.6 is 0 Å². The van der Waals surface area contributed by atoms with E-state index in [4.69, 9.17) is 5.11 Å². The molecule has 0 aliphatic carbocycles. The molecule has 0 radical (unpaired) electrons. The van der Waals surface area contributed by atoms with Crippen molar-refractivity contribution < 1.29 is 18.3 Å². The summed E-state index contributed by atoms with van der Waals surface area (Å²) in [7, 11) is -3.84. The number of fused-ring (bicyclic) bond motifs is 1. The molecule has 31 heavy (non-hydrogen) atoms. The lowest BCUT2D eigenvalue weighted by Crippen LogP contribution is -2.16. The normalized spacial score (nSPS) is 11.9. The van der Waals surface area contributed by atoms with E-state index in [9.17, 15) is 13.2 Å². The van der Waals surface area contributed by atoms with Crippen molar-refractivity contribution in [2.24, 2.45) is 0 Å². The summed E-state index contributed by atoms with van der Waals surface area (Å²) >= 11 is 0. The lowest BCUT2D eigenvalue weighted by atomic mass is 10.1. The molecule has 0 saturated heterocycles. The van der Waals surface area contributed by atoms with E-state index in [1.165, 1.54) is 10.0 Å². The van der Waals surface area contributed by atoms with Gasteiger partial charge in [0.25, 0.3) is 10.0 Å². The number of imidazole rings is 1. The first-order valence-electron chi connectivity index (χ1n) is 9.63. The van der Waals surface area contributed by atoms with Crippen molar-refractivity contribution in [2.45, 2.75) is 18.2 Å². The van der Waals surface area contributed by atoms with E-state index in [2.05, 4.69) is 4.98 Å². The fourth-order valence-corrected chi connectivity index (χ4v) is 4.83. The summed E-state index contributed by atoms with van der Waals surface area (Å²) in [5.74, 6) is -0.602. The first-order chi connectivity index (χ1) is 14.8. The van der Waals surface area contributed by atoms with Gasteiger partial charge in [0.05, 0.1) is 15.9 Å². The first-order valence-corrected chi connectivity index (χ1v) is 11.1. The molecule has 3 aromatic carbocycles. The molecule has 6 nitrogen and oxygen atoms in total. The van der Waals surface area contributed by atoms with Crippen molar-refractivity contribution in [3.8, 4) is 0 Å². The highest BCUT2D eigenvalue weighted by Gasteiger charge is 2.24. The third kappa shape index (κ3) is 4.27. The Labute approximate surface area is 180 Å². The number of hydrogen-bond acceptors (Lipinski definition) is 4. The molecule has 1 aromatic heterocycles. The van der Waals surface area contributed by atoms with Crippen molar-refractivity contribution >= 4 is 33.1 Å². The van der Waals surface area contributed by atoms with Gasteiger partial charge in [-0.1, -0.05) is 54.1 Å². The maximum Gasteiger partial charge on any atom is 0.328 e. The maximum atomic E-state index is 13.5. The van der Waals surface area contributed by atoms with Crippen LogP contribution in [0.15, 0.2) is 83.8 Å². The minimum absolute atomic E-state index is 0.205. The van der Waals surface area contributed by atoms with Crippen LogP contribution in [0.1, 0.15) is 22.5 Å². The first kappa shape index (κ1) is 20.6. The zero-order valence-electron chi connectivity index (χ0n) is 16.8. The van der Waals surface area contributed by atoms with Crippen molar-refractivity contribution in [1.29, 1.82) is 0 Å². The molecule has 1 heterocycles. The number of nitrogens with zero attached hydrogens (tertiary/aromatic N) is 2. The van der Waals surface area contributed by atoms with Crippen molar-refractivity contribution in [1.82, 2.24) is 8.96 Å². The highest BCUT2D eigenvalue weighted by atomic mass is 32.2. The van der Waals surface area contributed by atoms with E-state index >= 15 is 0 Å². The summed E-state index contributed by atoms with van der Waals surface area (Å²) < 4.78 is 28.3. The SMILES string of the molecule is Cc1ccc(S(=O)(=O)n2c(Cc3ccc(C=CC(=O)O)cc3)nc3ccccc32)cc1. The number of aryl methyl sites for hydroxylation is 1. The van der Waals surface area contributed by atoms with Gasteiger partial charge in [0, 0.05) is 12.5 Å². The predicted molar refractivity (Wildman–Crippen MR) is 119 cm³/mol. The zero-order chi connectivity index (χ0) is 22.0. The fourth-order valence-electron chi connectivity index (χ4n) is 3.35. The number of benzene rings is 3. The maximum absolute atomic E-state index is 13.5. The second-order valence-corrected chi connectivity index (χ2v) is 8.98. The van der Waals surface area contributed by atoms with Gasteiger partial charge in [-0.2, -0.15) is 0 Å². The summed E-state index contributed by atoms with van der Waals surface area (Å²) in [5, 5.41) is 8.75. The predicted octanol–water partition coefficient (Wildman–Crippen LogP) is 4.27. The van der Waals surface area contributed by atoms with Gasteiger partial charge in [-0.25, -0.2) is 22.2 Å². The van der Waals surface area contributed by atoms with Crippen LogP contribution in [0.5, 0.6) is 0 Å². The van der Waals surface area contributed by atoms with Gasteiger partial charge in [0.15, 0.2) is 0 Å². The monoisotopic (exact) mass is 432 g/mol.